The summed E-state index contributed by atoms with van der Waals surface area (Å²) in [5.74, 6) is -0.0595. The first-order chi connectivity index (χ1) is 12.8. The fourth-order valence-electron chi connectivity index (χ4n) is 4.44. The molecule has 1 aliphatic carbocycles. The number of hydrogen-bond acceptors (Lipinski definition) is 2. The standard InChI is InChI=1S/C24H30O2/c1-3-5-6-11-19(17-25)24(18-26-16-4-2)22-14-9-7-12-20(22)21-13-8-10-15-23(21)24/h7-10,12-15,17,19H,3-6,11,16,18H2,1-2H3. The van der Waals surface area contributed by atoms with Crippen molar-refractivity contribution in [1.82, 2.24) is 0 Å². The molecule has 0 fully saturated rings. The molecule has 1 aliphatic rings. The van der Waals surface area contributed by atoms with Crippen LogP contribution in [0.2, 0.25) is 0 Å². The van der Waals surface area contributed by atoms with Crippen LogP contribution in [0.25, 0.3) is 11.1 Å². The number of hydrogen-bond donors (Lipinski definition) is 0. The van der Waals surface area contributed by atoms with E-state index in [4.69, 9.17) is 4.74 Å². The molecule has 0 amide bonds. The zero-order chi connectivity index (χ0) is 18.4. The number of aldehydes is 1. The lowest BCUT2D eigenvalue weighted by Gasteiger charge is -2.37. The monoisotopic (exact) mass is 350 g/mol. The van der Waals surface area contributed by atoms with Crippen molar-refractivity contribution in [3.05, 3.63) is 59.7 Å². The van der Waals surface area contributed by atoms with E-state index in [1.807, 2.05) is 0 Å². The summed E-state index contributed by atoms with van der Waals surface area (Å²) in [4.78, 5) is 12.3. The molecule has 3 rings (SSSR count). The van der Waals surface area contributed by atoms with E-state index >= 15 is 0 Å². The first-order valence-electron chi connectivity index (χ1n) is 10.0. The molecule has 0 saturated heterocycles. The van der Waals surface area contributed by atoms with Crippen LogP contribution in [0, 0.1) is 5.92 Å². The predicted octanol–water partition coefficient (Wildman–Crippen LogP) is 5.78. The lowest BCUT2D eigenvalue weighted by Crippen LogP contribution is -2.40. The molecule has 0 radical (unpaired) electrons. The Morgan fingerprint density at radius 3 is 2.08 bits per heavy atom. The molecular formula is C24H30O2. The van der Waals surface area contributed by atoms with Gasteiger partial charge in [0.05, 0.1) is 12.0 Å². The van der Waals surface area contributed by atoms with Gasteiger partial charge in [-0.05, 0) is 35.1 Å². The van der Waals surface area contributed by atoms with E-state index in [0.717, 1.165) is 32.3 Å². The van der Waals surface area contributed by atoms with Gasteiger partial charge in [-0.3, -0.25) is 0 Å². The molecule has 1 unspecified atom stereocenters. The summed E-state index contributed by atoms with van der Waals surface area (Å²) in [5.41, 5.74) is 4.66. The first-order valence-corrected chi connectivity index (χ1v) is 10.0. The van der Waals surface area contributed by atoms with Gasteiger partial charge < -0.3 is 9.53 Å². The zero-order valence-corrected chi connectivity index (χ0v) is 16.0. The summed E-state index contributed by atoms with van der Waals surface area (Å²) >= 11 is 0. The third-order valence-electron chi connectivity index (χ3n) is 5.70. The number of rotatable bonds is 10. The molecule has 2 aromatic carbocycles. The molecule has 1 atom stereocenters. The van der Waals surface area contributed by atoms with Crippen LogP contribution in [-0.2, 0) is 14.9 Å². The van der Waals surface area contributed by atoms with Gasteiger partial charge in [0.15, 0.2) is 0 Å². The number of benzene rings is 2. The fourth-order valence-corrected chi connectivity index (χ4v) is 4.44. The highest BCUT2D eigenvalue weighted by molar-refractivity contribution is 5.83. The zero-order valence-electron chi connectivity index (χ0n) is 16.0. The Morgan fingerprint density at radius 1 is 0.923 bits per heavy atom. The fraction of sp³-hybridized carbons (Fsp3) is 0.458. The van der Waals surface area contributed by atoms with Gasteiger partial charge in [0, 0.05) is 12.5 Å². The molecule has 0 bridgehead atoms. The Bertz CT molecular complexity index is 689. The summed E-state index contributed by atoms with van der Waals surface area (Å²) in [6.45, 7) is 5.63. The highest BCUT2D eigenvalue weighted by Crippen LogP contribution is 2.53. The van der Waals surface area contributed by atoms with Crippen LogP contribution in [0.3, 0.4) is 0 Å². The highest BCUT2D eigenvalue weighted by atomic mass is 16.5. The second-order valence-electron chi connectivity index (χ2n) is 7.35. The van der Waals surface area contributed by atoms with Gasteiger partial charge in [-0.2, -0.15) is 0 Å². The third kappa shape index (κ3) is 3.23. The van der Waals surface area contributed by atoms with Gasteiger partial charge in [0.2, 0.25) is 0 Å². The van der Waals surface area contributed by atoms with Crippen LogP contribution in [0.5, 0.6) is 0 Å². The molecule has 2 nitrogen and oxygen atoms in total. The maximum Gasteiger partial charge on any atom is 0.124 e. The average molecular weight is 351 g/mol. The van der Waals surface area contributed by atoms with E-state index in [0.29, 0.717) is 6.61 Å². The quantitative estimate of drug-likeness (QED) is 0.401. The number of fused-ring (bicyclic) bond motifs is 3. The number of carbonyl (C=O) groups excluding carboxylic acids is 1. The van der Waals surface area contributed by atoms with E-state index in [1.165, 1.54) is 35.0 Å². The summed E-state index contributed by atoms with van der Waals surface area (Å²) in [6, 6.07) is 17.1. The molecule has 0 saturated carbocycles. The van der Waals surface area contributed by atoms with E-state index < -0.39 is 0 Å². The number of unbranched alkanes of at least 4 members (excludes halogenated alkanes) is 2. The van der Waals surface area contributed by atoms with Crippen molar-refractivity contribution in [3.63, 3.8) is 0 Å². The maximum atomic E-state index is 12.3. The van der Waals surface area contributed by atoms with Gasteiger partial charge in [-0.1, -0.05) is 81.6 Å². The van der Waals surface area contributed by atoms with Crippen LogP contribution in [0.15, 0.2) is 48.5 Å². The summed E-state index contributed by atoms with van der Waals surface area (Å²) in [7, 11) is 0. The summed E-state index contributed by atoms with van der Waals surface area (Å²) < 4.78 is 6.11. The molecule has 26 heavy (non-hydrogen) atoms. The Hall–Kier alpha value is -1.93. The lowest BCUT2D eigenvalue weighted by molar-refractivity contribution is -0.113. The van der Waals surface area contributed by atoms with Crippen molar-refractivity contribution >= 4 is 6.29 Å². The molecule has 0 aromatic heterocycles. The van der Waals surface area contributed by atoms with Gasteiger partial charge in [-0.25, -0.2) is 0 Å². The molecule has 138 valence electrons. The SMILES string of the molecule is CCCCCC(C=O)C1(COCCC)c2ccccc2-c2ccccc21. The van der Waals surface area contributed by atoms with Gasteiger partial charge in [0.1, 0.15) is 6.29 Å². The summed E-state index contributed by atoms with van der Waals surface area (Å²) in [5, 5.41) is 0. The molecule has 0 N–H and O–H groups in total. The molecular weight excluding hydrogens is 320 g/mol. The largest absolute Gasteiger partial charge is 0.380 e. The second-order valence-corrected chi connectivity index (χ2v) is 7.35. The van der Waals surface area contributed by atoms with E-state index in [1.54, 1.807) is 0 Å². The van der Waals surface area contributed by atoms with Crippen molar-refractivity contribution in [3.8, 4) is 11.1 Å². The smallest absolute Gasteiger partial charge is 0.124 e. The normalized spacial score (nSPS) is 15.3. The molecule has 0 aliphatic heterocycles. The molecule has 0 heterocycles. The second kappa shape index (κ2) is 8.64. The van der Waals surface area contributed by atoms with Crippen molar-refractivity contribution in [2.45, 2.75) is 51.4 Å². The number of carbonyl (C=O) groups is 1. The van der Waals surface area contributed by atoms with Crippen LogP contribution in [0.4, 0.5) is 0 Å². The molecule has 0 spiro atoms. The van der Waals surface area contributed by atoms with Gasteiger partial charge in [0.25, 0.3) is 0 Å². The Labute approximate surface area is 157 Å². The first kappa shape index (κ1) is 18.8. The molecule has 2 aromatic rings. The van der Waals surface area contributed by atoms with Crippen LogP contribution in [0.1, 0.15) is 57.1 Å². The van der Waals surface area contributed by atoms with Crippen LogP contribution in [-0.4, -0.2) is 19.5 Å². The van der Waals surface area contributed by atoms with Gasteiger partial charge >= 0.3 is 0 Å². The Morgan fingerprint density at radius 2 is 1.54 bits per heavy atom. The Kier molecular flexibility index (Phi) is 6.26. The Balaban J connectivity index is 2.11. The van der Waals surface area contributed by atoms with E-state index in [9.17, 15) is 4.79 Å². The van der Waals surface area contributed by atoms with E-state index in [2.05, 4.69) is 62.4 Å². The van der Waals surface area contributed by atoms with Crippen molar-refractivity contribution in [2.24, 2.45) is 5.92 Å². The topological polar surface area (TPSA) is 26.3 Å². The minimum Gasteiger partial charge on any atom is -0.380 e. The van der Waals surface area contributed by atoms with Gasteiger partial charge in [-0.15, -0.1) is 0 Å². The highest BCUT2D eigenvalue weighted by Gasteiger charge is 2.48. The third-order valence-corrected chi connectivity index (χ3v) is 5.70. The van der Waals surface area contributed by atoms with Crippen LogP contribution < -0.4 is 0 Å². The average Bonchev–Trinajstić information content (AvgIpc) is 2.97. The van der Waals surface area contributed by atoms with Crippen molar-refractivity contribution < 1.29 is 9.53 Å². The van der Waals surface area contributed by atoms with E-state index in [-0.39, 0.29) is 11.3 Å². The predicted molar refractivity (Wildman–Crippen MR) is 107 cm³/mol. The maximum absolute atomic E-state index is 12.3. The van der Waals surface area contributed by atoms with Crippen molar-refractivity contribution in [1.29, 1.82) is 0 Å². The summed E-state index contributed by atoms with van der Waals surface area (Å²) in [6.07, 6.45) is 6.50. The molecule has 2 heteroatoms. The van der Waals surface area contributed by atoms with Crippen molar-refractivity contribution in [2.75, 3.05) is 13.2 Å². The van der Waals surface area contributed by atoms with Crippen LogP contribution >= 0.6 is 0 Å². The minimum atomic E-state index is -0.363. The minimum absolute atomic E-state index is 0.0595. The number of ether oxygens (including phenoxy) is 1. The lowest BCUT2D eigenvalue weighted by atomic mass is 9.67.